The van der Waals surface area contributed by atoms with Crippen LogP contribution in [0, 0.1) is 12.3 Å². The van der Waals surface area contributed by atoms with Crippen molar-refractivity contribution in [1.82, 2.24) is 4.57 Å². The molecule has 252 valence electrons. The molecule has 10 aromatic rings. The number of amidine groups is 1. The molecule has 0 radical (unpaired) electrons. The zero-order valence-electron chi connectivity index (χ0n) is 28.9. The molecule has 0 spiro atoms. The van der Waals surface area contributed by atoms with Crippen LogP contribution in [0.3, 0.4) is 0 Å². The molecule has 4 nitrogen and oxygen atoms in total. The van der Waals surface area contributed by atoms with Crippen LogP contribution >= 0.6 is 11.3 Å². The molecule has 0 unspecified atom stereocenters. The Kier molecular flexibility index (Phi) is 8.96. The quantitative estimate of drug-likeness (QED) is 0.0980. The predicted molar refractivity (Wildman–Crippen MR) is 225 cm³/mol. The number of nitrogens with two attached hydrogens (primary N) is 2. The summed E-state index contributed by atoms with van der Waals surface area (Å²) in [5.41, 5.74) is 18.1. The first-order chi connectivity index (χ1) is 25.5. The largest absolute Gasteiger partial charge is 0.384 e. The van der Waals surface area contributed by atoms with Crippen LogP contribution in [0.1, 0.15) is 16.7 Å². The third-order valence-electron chi connectivity index (χ3n) is 9.58. The third kappa shape index (κ3) is 6.07. The maximum absolute atomic E-state index is 7.01. The van der Waals surface area contributed by atoms with Crippen molar-refractivity contribution in [2.45, 2.75) is 13.5 Å². The minimum Gasteiger partial charge on any atom is -0.384 e. The van der Waals surface area contributed by atoms with Gasteiger partial charge in [0.15, 0.2) is 0 Å². The molecule has 0 saturated carbocycles. The molecule has 0 fully saturated rings. The SMILES string of the molecule is Cc1ccccc1.N=C(N)c1ccccc1.NCc1cccc(-n2c3ccccc3c3ccc4c(ccc5ccc6sc7ccccc7c6c54)c32)c1. The maximum atomic E-state index is 7.01. The molecule has 8 aromatic carbocycles. The zero-order valence-corrected chi connectivity index (χ0v) is 29.7. The van der Waals surface area contributed by atoms with Gasteiger partial charge in [-0.1, -0.05) is 145 Å². The van der Waals surface area contributed by atoms with Gasteiger partial charge in [0.1, 0.15) is 5.84 Å². The Morgan fingerprint density at radius 1 is 0.577 bits per heavy atom. The first-order valence-electron chi connectivity index (χ1n) is 17.4. The molecule has 52 heavy (non-hydrogen) atoms. The molecule has 5 N–H and O–H groups in total. The fraction of sp³-hybridized carbons (Fsp3) is 0.0426. The fourth-order valence-corrected chi connectivity index (χ4v) is 8.26. The monoisotopic (exact) mass is 690 g/mol. The summed E-state index contributed by atoms with van der Waals surface area (Å²) >= 11 is 1.88. The molecule has 10 rings (SSSR count). The van der Waals surface area contributed by atoms with Crippen LogP contribution in [0.2, 0.25) is 0 Å². The summed E-state index contributed by atoms with van der Waals surface area (Å²) in [7, 11) is 0. The van der Waals surface area contributed by atoms with E-state index in [4.69, 9.17) is 16.9 Å². The molecule has 0 aliphatic heterocycles. The number of hydrogen-bond acceptors (Lipinski definition) is 3. The van der Waals surface area contributed by atoms with Crippen LogP contribution in [0.4, 0.5) is 0 Å². The van der Waals surface area contributed by atoms with Crippen LogP contribution in [-0.2, 0) is 6.54 Å². The van der Waals surface area contributed by atoms with E-state index >= 15 is 0 Å². The minimum atomic E-state index is 0.121. The van der Waals surface area contributed by atoms with Gasteiger partial charge in [-0.3, -0.25) is 5.41 Å². The topological polar surface area (TPSA) is 80.8 Å². The molecular weight excluding hydrogens is 653 g/mol. The molecule has 2 aromatic heterocycles. The number of aromatic nitrogens is 1. The number of para-hydroxylation sites is 1. The van der Waals surface area contributed by atoms with Crippen LogP contribution in [0.15, 0.2) is 170 Å². The van der Waals surface area contributed by atoms with Crippen molar-refractivity contribution in [1.29, 1.82) is 5.41 Å². The smallest absolute Gasteiger partial charge is 0.122 e. The van der Waals surface area contributed by atoms with Crippen LogP contribution in [-0.4, -0.2) is 10.4 Å². The summed E-state index contributed by atoms with van der Waals surface area (Å²) < 4.78 is 5.10. The Labute approximate surface area is 306 Å². The van der Waals surface area contributed by atoms with E-state index in [1.807, 2.05) is 59.9 Å². The van der Waals surface area contributed by atoms with Gasteiger partial charge in [-0.2, -0.15) is 0 Å². The average Bonchev–Trinajstić information content (AvgIpc) is 3.75. The number of fused-ring (bicyclic) bond motifs is 11. The minimum absolute atomic E-state index is 0.121. The standard InChI is InChI=1S/C33H22N2S.C7H8N2.C7H8/c34-19-20-6-5-7-22(18-20)35-28-10-3-1-8-23(28)25-16-15-24-26(33(25)35)14-12-21-13-17-30-32(31(21)24)27-9-2-4-11-29(27)36-30;8-7(9)6-4-2-1-3-5-6;1-7-5-3-2-4-6-7/h1-18H,19,34H2;1-5H,(H3,8,9);2-6H,1H3. The van der Waals surface area contributed by atoms with Crippen molar-refractivity contribution in [2.24, 2.45) is 11.5 Å². The first kappa shape index (κ1) is 32.9. The fourth-order valence-electron chi connectivity index (χ4n) is 7.15. The number of hydrogen-bond donors (Lipinski definition) is 3. The van der Waals surface area contributed by atoms with Gasteiger partial charge in [0.2, 0.25) is 0 Å². The van der Waals surface area contributed by atoms with E-state index in [0.29, 0.717) is 6.54 Å². The number of benzene rings is 8. The highest BCUT2D eigenvalue weighted by Gasteiger charge is 2.18. The summed E-state index contributed by atoms with van der Waals surface area (Å²) in [5.74, 6) is 0.121. The van der Waals surface area contributed by atoms with Gasteiger partial charge < -0.3 is 16.0 Å². The number of aryl methyl sites for hydroxylation is 1. The molecule has 0 bridgehead atoms. The van der Waals surface area contributed by atoms with Gasteiger partial charge in [0.05, 0.1) is 11.0 Å². The van der Waals surface area contributed by atoms with Crippen LogP contribution in [0.5, 0.6) is 0 Å². The van der Waals surface area contributed by atoms with Crippen molar-refractivity contribution >= 4 is 80.7 Å². The van der Waals surface area contributed by atoms with E-state index in [0.717, 1.165) is 16.8 Å². The molecule has 0 aliphatic carbocycles. The Hall–Kier alpha value is -6.27. The maximum Gasteiger partial charge on any atom is 0.122 e. The highest BCUT2D eigenvalue weighted by atomic mass is 32.1. The summed E-state index contributed by atoms with van der Waals surface area (Å²) in [4.78, 5) is 0. The molecular formula is C47H38N4S. The average molecular weight is 691 g/mol. The normalized spacial score (nSPS) is 11.1. The second kappa shape index (κ2) is 14.2. The second-order valence-electron chi connectivity index (χ2n) is 12.9. The zero-order chi connectivity index (χ0) is 35.6. The number of nitrogens with one attached hydrogen (secondary N) is 1. The van der Waals surface area contributed by atoms with Gasteiger partial charge >= 0.3 is 0 Å². The summed E-state index contributed by atoms with van der Waals surface area (Å²) in [5, 5.41) is 17.5. The predicted octanol–water partition coefficient (Wildman–Crippen LogP) is 11.9. The number of rotatable bonds is 3. The van der Waals surface area contributed by atoms with Gasteiger partial charge in [-0.05, 0) is 59.0 Å². The van der Waals surface area contributed by atoms with Gasteiger partial charge in [0.25, 0.3) is 0 Å². The Morgan fingerprint density at radius 2 is 1.21 bits per heavy atom. The van der Waals surface area contributed by atoms with Gasteiger partial charge in [-0.25, -0.2) is 0 Å². The van der Waals surface area contributed by atoms with Crippen molar-refractivity contribution in [3.05, 3.63) is 187 Å². The van der Waals surface area contributed by atoms with Gasteiger partial charge in [-0.15, -0.1) is 11.3 Å². The summed E-state index contributed by atoms with van der Waals surface area (Å²) in [6.45, 7) is 2.61. The van der Waals surface area contributed by atoms with E-state index in [1.165, 1.54) is 69.1 Å². The molecule has 0 atom stereocenters. The van der Waals surface area contributed by atoms with Crippen molar-refractivity contribution in [2.75, 3.05) is 0 Å². The van der Waals surface area contributed by atoms with Crippen LogP contribution in [0.25, 0.3) is 69.2 Å². The summed E-state index contributed by atoms with van der Waals surface area (Å²) in [6.07, 6.45) is 0. The molecule has 0 saturated heterocycles. The lowest BCUT2D eigenvalue weighted by atomic mass is 9.96. The van der Waals surface area contributed by atoms with E-state index in [2.05, 4.69) is 133 Å². The lowest BCUT2D eigenvalue weighted by molar-refractivity contribution is 1.06. The van der Waals surface area contributed by atoms with Crippen molar-refractivity contribution in [3.63, 3.8) is 0 Å². The molecule has 0 amide bonds. The lowest BCUT2D eigenvalue weighted by Gasteiger charge is -2.13. The number of nitrogens with zero attached hydrogens (tertiary/aromatic N) is 1. The highest BCUT2D eigenvalue weighted by molar-refractivity contribution is 7.26. The lowest BCUT2D eigenvalue weighted by Crippen LogP contribution is -2.10. The van der Waals surface area contributed by atoms with Crippen molar-refractivity contribution in [3.8, 4) is 5.69 Å². The third-order valence-corrected chi connectivity index (χ3v) is 10.7. The Balaban J connectivity index is 0.000000200. The molecule has 0 aliphatic rings. The molecule has 2 heterocycles. The summed E-state index contributed by atoms with van der Waals surface area (Å²) in [6, 6.07) is 59.4. The molecule has 5 heteroatoms. The van der Waals surface area contributed by atoms with Gasteiger partial charge in [0, 0.05) is 54.1 Å². The highest BCUT2D eigenvalue weighted by Crippen LogP contribution is 2.44. The van der Waals surface area contributed by atoms with E-state index in [1.54, 1.807) is 0 Å². The van der Waals surface area contributed by atoms with E-state index in [-0.39, 0.29) is 5.84 Å². The number of thiophene rings is 1. The van der Waals surface area contributed by atoms with Crippen molar-refractivity contribution < 1.29 is 0 Å². The van der Waals surface area contributed by atoms with E-state index < -0.39 is 0 Å². The number of nitrogen functional groups attached to an aromatic ring is 1. The van der Waals surface area contributed by atoms with E-state index in [9.17, 15) is 0 Å². The first-order valence-corrected chi connectivity index (χ1v) is 18.2. The Morgan fingerprint density at radius 3 is 1.92 bits per heavy atom. The van der Waals surface area contributed by atoms with Crippen LogP contribution < -0.4 is 11.5 Å². The Bertz CT molecular complexity index is 2870. The second-order valence-corrected chi connectivity index (χ2v) is 14.0.